The SMILES string of the molecule is COc1cc(N(C)C(=O)c2ccccc2)ccc1-c1ccc2c(c1COc1cc(F)ccc1C)NC(=O)C(C)(C)N2. The smallest absolute Gasteiger partial charge is 0.258 e. The zero-order valence-corrected chi connectivity index (χ0v) is 23.7. The lowest BCUT2D eigenvalue weighted by Crippen LogP contribution is -2.47. The third-order valence-electron chi connectivity index (χ3n) is 7.28. The Labute approximate surface area is 238 Å². The van der Waals surface area contributed by atoms with Crippen molar-refractivity contribution in [2.75, 3.05) is 29.7 Å². The molecule has 0 radical (unpaired) electrons. The second-order valence-corrected chi connectivity index (χ2v) is 10.5. The number of anilines is 3. The third-order valence-corrected chi connectivity index (χ3v) is 7.28. The number of ether oxygens (including phenoxy) is 2. The summed E-state index contributed by atoms with van der Waals surface area (Å²) in [6, 6.07) is 22.8. The van der Waals surface area contributed by atoms with Crippen molar-refractivity contribution in [2.45, 2.75) is 32.9 Å². The van der Waals surface area contributed by atoms with E-state index in [1.54, 1.807) is 57.2 Å². The van der Waals surface area contributed by atoms with Gasteiger partial charge in [-0.15, -0.1) is 0 Å². The number of hydrogen-bond donors (Lipinski definition) is 2. The molecule has 4 aromatic carbocycles. The minimum absolute atomic E-state index is 0.0580. The summed E-state index contributed by atoms with van der Waals surface area (Å²) in [6.45, 7) is 5.51. The molecule has 0 bridgehead atoms. The number of benzene rings is 4. The number of aryl methyl sites for hydroxylation is 1. The summed E-state index contributed by atoms with van der Waals surface area (Å²) < 4.78 is 25.9. The molecule has 1 aliphatic heterocycles. The average molecular weight is 554 g/mol. The van der Waals surface area contributed by atoms with E-state index in [0.717, 1.165) is 22.4 Å². The van der Waals surface area contributed by atoms with Crippen LogP contribution in [0, 0.1) is 12.7 Å². The highest BCUT2D eigenvalue weighted by atomic mass is 19.1. The molecule has 1 aliphatic rings. The highest BCUT2D eigenvalue weighted by molar-refractivity contribution is 6.08. The monoisotopic (exact) mass is 553 g/mol. The molecule has 0 saturated heterocycles. The van der Waals surface area contributed by atoms with Crippen LogP contribution in [0.4, 0.5) is 21.5 Å². The summed E-state index contributed by atoms with van der Waals surface area (Å²) in [6.07, 6.45) is 0. The maximum Gasteiger partial charge on any atom is 0.258 e. The van der Waals surface area contributed by atoms with E-state index in [9.17, 15) is 14.0 Å². The summed E-state index contributed by atoms with van der Waals surface area (Å²) in [5.74, 6) is 0.212. The van der Waals surface area contributed by atoms with Crippen LogP contribution in [-0.2, 0) is 11.4 Å². The van der Waals surface area contributed by atoms with Gasteiger partial charge in [-0.05, 0) is 68.3 Å². The van der Waals surface area contributed by atoms with Gasteiger partial charge in [0.15, 0.2) is 0 Å². The molecule has 210 valence electrons. The van der Waals surface area contributed by atoms with Crippen LogP contribution in [0.1, 0.15) is 35.3 Å². The Bertz CT molecular complexity index is 1640. The van der Waals surface area contributed by atoms with Gasteiger partial charge in [0.1, 0.15) is 29.5 Å². The van der Waals surface area contributed by atoms with Gasteiger partial charge in [-0.25, -0.2) is 4.39 Å². The van der Waals surface area contributed by atoms with Crippen LogP contribution in [0.3, 0.4) is 0 Å². The number of amides is 2. The Hall–Kier alpha value is -4.85. The Balaban J connectivity index is 1.57. The van der Waals surface area contributed by atoms with Crippen molar-refractivity contribution in [2.24, 2.45) is 0 Å². The molecule has 8 heteroatoms. The molecule has 4 aromatic rings. The van der Waals surface area contributed by atoms with Crippen LogP contribution in [0.25, 0.3) is 11.1 Å². The molecule has 2 N–H and O–H groups in total. The summed E-state index contributed by atoms with van der Waals surface area (Å²) in [5.41, 5.74) is 4.75. The average Bonchev–Trinajstić information content (AvgIpc) is 2.97. The third kappa shape index (κ3) is 5.45. The zero-order chi connectivity index (χ0) is 29.3. The first-order chi connectivity index (χ1) is 19.6. The lowest BCUT2D eigenvalue weighted by atomic mass is 9.92. The number of rotatable bonds is 7. The van der Waals surface area contributed by atoms with E-state index in [1.807, 2.05) is 49.4 Å². The van der Waals surface area contributed by atoms with E-state index in [1.165, 1.54) is 12.1 Å². The predicted octanol–water partition coefficient (Wildman–Crippen LogP) is 6.81. The van der Waals surface area contributed by atoms with Gasteiger partial charge < -0.3 is 25.0 Å². The summed E-state index contributed by atoms with van der Waals surface area (Å²) in [5, 5.41) is 6.34. The highest BCUT2D eigenvalue weighted by Gasteiger charge is 2.35. The van der Waals surface area contributed by atoms with Crippen LogP contribution in [0.5, 0.6) is 11.5 Å². The van der Waals surface area contributed by atoms with Gasteiger partial charge in [0.2, 0.25) is 5.91 Å². The number of fused-ring (bicyclic) bond motifs is 1. The maximum absolute atomic E-state index is 14.0. The second kappa shape index (κ2) is 11.0. The molecule has 41 heavy (non-hydrogen) atoms. The van der Waals surface area contributed by atoms with Crippen LogP contribution in [0.15, 0.2) is 78.9 Å². The fourth-order valence-corrected chi connectivity index (χ4v) is 4.84. The van der Waals surface area contributed by atoms with Crippen molar-refractivity contribution in [3.8, 4) is 22.6 Å². The molecule has 0 saturated carbocycles. The molecule has 0 atom stereocenters. The number of methoxy groups -OCH3 is 1. The Morgan fingerprint density at radius 1 is 0.951 bits per heavy atom. The van der Waals surface area contributed by atoms with E-state index >= 15 is 0 Å². The number of nitrogens with one attached hydrogen (secondary N) is 2. The predicted molar refractivity (Wildman–Crippen MR) is 159 cm³/mol. The quantitative estimate of drug-likeness (QED) is 0.263. The van der Waals surface area contributed by atoms with Gasteiger partial charge in [-0.1, -0.05) is 30.3 Å². The van der Waals surface area contributed by atoms with Gasteiger partial charge in [0.25, 0.3) is 5.91 Å². The molecule has 2 amide bonds. The summed E-state index contributed by atoms with van der Waals surface area (Å²) >= 11 is 0. The van der Waals surface area contributed by atoms with Crippen LogP contribution >= 0.6 is 0 Å². The van der Waals surface area contributed by atoms with Crippen molar-refractivity contribution in [3.63, 3.8) is 0 Å². The van der Waals surface area contributed by atoms with Gasteiger partial charge in [-0.2, -0.15) is 0 Å². The molecule has 0 spiro atoms. The van der Waals surface area contributed by atoms with Gasteiger partial charge in [0.05, 0.1) is 18.5 Å². The van der Waals surface area contributed by atoms with Crippen LogP contribution in [0.2, 0.25) is 0 Å². The number of nitrogens with zero attached hydrogens (tertiary/aromatic N) is 1. The minimum Gasteiger partial charge on any atom is -0.496 e. The van der Waals surface area contributed by atoms with Crippen molar-refractivity contribution in [1.29, 1.82) is 0 Å². The molecular formula is C33H32FN3O4. The number of halogens is 1. The molecule has 0 aromatic heterocycles. The van der Waals surface area contributed by atoms with Crippen molar-refractivity contribution in [1.82, 2.24) is 0 Å². The summed E-state index contributed by atoms with van der Waals surface area (Å²) in [4.78, 5) is 27.6. The number of carbonyl (C=O) groups is 2. The van der Waals surface area contributed by atoms with Gasteiger partial charge in [-0.3, -0.25) is 9.59 Å². The molecular weight excluding hydrogens is 521 g/mol. The van der Waals surface area contributed by atoms with Crippen molar-refractivity contribution in [3.05, 3.63) is 101 Å². The largest absolute Gasteiger partial charge is 0.496 e. The summed E-state index contributed by atoms with van der Waals surface area (Å²) in [7, 11) is 3.28. The van der Waals surface area contributed by atoms with E-state index in [2.05, 4.69) is 10.6 Å². The fourth-order valence-electron chi connectivity index (χ4n) is 4.84. The van der Waals surface area contributed by atoms with Crippen LogP contribution in [-0.4, -0.2) is 31.5 Å². The standard InChI is InChI=1S/C33H32FN3O4/c1-20-11-12-22(34)17-28(20)41-19-26-24(15-16-27-30(26)35-32(39)33(2,3)36-27)25-14-13-23(18-29(25)40-5)37(4)31(38)21-9-7-6-8-10-21/h6-18,36H,19H2,1-5H3,(H,35,39). The number of hydrogen-bond acceptors (Lipinski definition) is 5. The van der Waals surface area contributed by atoms with Gasteiger partial charge in [0, 0.05) is 41.6 Å². The van der Waals surface area contributed by atoms with Crippen LogP contribution < -0.4 is 25.0 Å². The fraction of sp³-hybridized carbons (Fsp3) is 0.212. The Morgan fingerprint density at radius 2 is 1.68 bits per heavy atom. The van der Waals surface area contributed by atoms with E-state index in [4.69, 9.17) is 9.47 Å². The molecule has 0 unspecified atom stereocenters. The first-order valence-corrected chi connectivity index (χ1v) is 13.2. The molecule has 0 fully saturated rings. The normalized spacial score (nSPS) is 13.5. The Morgan fingerprint density at radius 3 is 2.41 bits per heavy atom. The first kappa shape index (κ1) is 27.7. The first-order valence-electron chi connectivity index (χ1n) is 13.2. The Kier molecular flexibility index (Phi) is 7.41. The van der Waals surface area contributed by atoms with Gasteiger partial charge >= 0.3 is 0 Å². The molecule has 1 heterocycles. The van der Waals surface area contributed by atoms with E-state index in [-0.39, 0.29) is 18.4 Å². The lowest BCUT2D eigenvalue weighted by Gasteiger charge is -2.34. The lowest BCUT2D eigenvalue weighted by molar-refractivity contribution is -0.119. The van der Waals surface area contributed by atoms with E-state index in [0.29, 0.717) is 34.0 Å². The van der Waals surface area contributed by atoms with E-state index < -0.39 is 11.4 Å². The highest BCUT2D eigenvalue weighted by Crippen LogP contribution is 2.43. The second-order valence-electron chi connectivity index (χ2n) is 10.5. The minimum atomic E-state index is -0.805. The molecule has 7 nitrogen and oxygen atoms in total. The topological polar surface area (TPSA) is 79.9 Å². The van der Waals surface area contributed by atoms with Crippen molar-refractivity contribution >= 4 is 28.9 Å². The van der Waals surface area contributed by atoms with Crippen molar-refractivity contribution < 1.29 is 23.5 Å². The molecule has 0 aliphatic carbocycles. The zero-order valence-electron chi connectivity index (χ0n) is 23.7. The maximum atomic E-state index is 14.0. The molecule has 5 rings (SSSR count). The number of carbonyl (C=O) groups excluding carboxylic acids is 2.